The van der Waals surface area contributed by atoms with Crippen molar-refractivity contribution < 1.29 is 14.1 Å². The second kappa shape index (κ2) is 6.20. The fourth-order valence-electron chi connectivity index (χ4n) is 3.31. The lowest BCUT2D eigenvalue weighted by Crippen LogP contribution is -2.31. The smallest absolute Gasteiger partial charge is 0.259 e. The predicted molar refractivity (Wildman–Crippen MR) is 92.7 cm³/mol. The first-order chi connectivity index (χ1) is 12.1. The number of carbonyl (C=O) groups is 1. The zero-order valence-corrected chi connectivity index (χ0v) is 14.2. The van der Waals surface area contributed by atoms with Crippen LogP contribution in [0.25, 0.3) is 10.9 Å². The molecule has 0 bridgehead atoms. The van der Waals surface area contributed by atoms with E-state index in [0.717, 1.165) is 23.1 Å². The molecular formula is C19H19N3O3. The number of rotatable bonds is 3. The second-order valence-electron chi connectivity index (χ2n) is 6.31. The standard InChI is InChI=1S/C19H19N3O3/c1-12-17(13(2)25-21-12)19(23)22-10-8-15(11-22)24-16-7-3-5-14-6-4-9-20-18(14)16/h3-7,9,15H,8,10-11H2,1-2H3. The Hall–Kier alpha value is -2.89. The molecule has 4 rings (SSSR count). The minimum atomic E-state index is -0.0444. The second-order valence-corrected chi connectivity index (χ2v) is 6.31. The molecule has 6 nitrogen and oxygen atoms in total. The molecule has 1 aromatic carbocycles. The molecule has 1 unspecified atom stereocenters. The van der Waals surface area contributed by atoms with Gasteiger partial charge < -0.3 is 14.2 Å². The number of carbonyl (C=O) groups excluding carboxylic acids is 1. The quantitative estimate of drug-likeness (QED) is 0.734. The van der Waals surface area contributed by atoms with Crippen LogP contribution in [-0.2, 0) is 0 Å². The van der Waals surface area contributed by atoms with Crippen molar-refractivity contribution in [3.8, 4) is 5.75 Å². The zero-order chi connectivity index (χ0) is 17.4. The Bertz CT molecular complexity index is 910. The van der Waals surface area contributed by atoms with E-state index in [-0.39, 0.29) is 12.0 Å². The van der Waals surface area contributed by atoms with Gasteiger partial charge in [0.2, 0.25) is 0 Å². The van der Waals surface area contributed by atoms with E-state index in [2.05, 4.69) is 10.1 Å². The molecule has 0 spiro atoms. The molecule has 25 heavy (non-hydrogen) atoms. The van der Waals surface area contributed by atoms with Crippen LogP contribution in [0.2, 0.25) is 0 Å². The highest BCUT2D eigenvalue weighted by atomic mass is 16.5. The molecule has 1 fully saturated rings. The van der Waals surface area contributed by atoms with Gasteiger partial charge in [-0.15, -0.1) is 0 Å². The van der Waals surface area contributed by atoms with E-state index in [4.69, 9.17) is 9.26 Å². The molecule has 1 amide bonds. The first-order valence-corrected chi connectivity index (χ1v) is 8.36. The van der Waals surface area contributed by atoms with Gasteiger partial charge in [-0.2, -0.15) is 0 Å². The molecule has 1 saturated heterocycles. The highest BCUT2D eigenvalue weighted by Gasteiger charge is 2.31. The third kappa shape index (κ3) is 2.84. The van der Waals surface area contributed by atoms with Crippen molar-refractivity contribution in [1.82, 2.24) is 15.0 Å². The fourth-order valence-corrected chi connectivity index (χ4v) is 3.31. The van der Waals surface area contributed by atoms with Crippen LogP contribution in [-0.4, -0.2) is 40.1 Å². The lowest BCUT2D eigenvalue weighted by molar-refractivity contribution is 0.0770. The first-order valence-electron chi connectivity index (χ1n) is 8.36. The molecular weight excluding hydrogens is 318 g/mol. The van der Waals surface area contributed by atoms with Crippen LogP contribution in [0.5, 0.6) is 5.75 Å². The van der Waals surface area contributed by atoms with Crippen molar-refractivity contribution in [2.24, 2.45) is 0 Å². The number of likely N-dealkylation sites (tertiary alicyclic amines) is 1. The van der Waals surface area contributed by atoms with Crippen LogP contribution < -0.4 is 4.74 Å². The van der Waals surface area contributed by atoms with Gasteiger partial charge in [0.15, 0.2) is 0 Å². The molecule has 1 atom stereocenters. The molecule has 0 aliphatic carbocycles. The fraction of sp³-hybridized carbons (Fsp3) is 0.316. The summed E-state index contributed by atoms with van der Waals surface area (Å²) in [6.07, 6.45) is 2.51. The average molecular weight is 337 g/mol. The van der Waals surface area contributed by atoms with E-state index in [1.165, 1.54) is 0 Å². The zero-order valence-electron chi connectivity index (χ0n) is 14.2. The maximum atomic E-state index is 12.7. The SMILES string of the molecule is Cc1noc(C)c1C(=O)N1CCC(Oc2cccc3cccnc23)C1. The lowest BCUT2D eigenvalue weighted by Gasteiger charge is -2.17. The van der Waals surface area contributed by atoms with Gasteiger partial charge in [0, 0.05) is 24.5 Å². The summed E-state index contributed by atoms with van der Waals surface area (Å²) < 4.78 is 11.3. The summed E-state index contributed by atoms with van der Waals surface area (Å²) >= 11 is 0. The summed E-state index contributed by atoms with van der Waals surface area (Å²) in [6.45, 7) is 4.76. The van der Waals surface area contributed by atoms with E-state index in [1.54, 1.807) is 24.9 Å². The number of benzene rings is 1. The van der Waals surface area contributed by atoms with Gasteiger partial charge in [-0.05, 0) is 26.0 Å². The first kappa shape index (κ1) is 15.6. The minimum Gasteiger partial charge on any atom is -0.486 e. The number of pyridine rings is 1. The summed E-state index contributed by atoms with van der Waals surface area (Å²) in [4.78, 5) is 18.9. The Balaban J connectivity index is 1.50. The van der Waals surface area contributed by atoms with Crippen LogP contribution in [0, 0.1) is 13.8 Å². The van der Waals surface area contributed by atoms with Gasteiger partial charge in [0.25, 0.3) is 5.91 Å². The third-order valence-electron chi connectivity index (χ3n) is 4.57. The number of aryl methyl sites for hydroxylation is 2. The molecule has 3 heterocycles. The molecule has 3 aromatic rings. The van der Waals surface area contributed by atoms with E-state index in [0.29, 0.717) is 30.1 Å². The molecule has 0 radical (unpaired) electrons. The van der Waals surface area contributed by atoms with E-state index < -0.39 is 0 Å². The van der Waals surface area contributed by atoms with E-state index in [9.17, 15) is 4.79 Å². The highest BCUT2D eigenvalue weighted by molar-refractivity contribution is 5.96. The number of ether oxygens (including phenoxy) is 1. The normalized spacial score (nSPS) is 17.2. The average Bonchev–Trinajstić information content (AvgIpc) is 3.22. The van der Waals surface area contributed by atoms with Crippen molar-refractivity contribution >= 4 is 16.8 Å². The maximum absolute atomic E-state index is 12.7. The number of hydrogen-bond acceptors (Lipinski definition) is 5. The Morgan fingerprint density at radius 2 is 2.12 bits per heavy atom. The van der Waals surface area contributed by atoms with E-state index in [1.807, 2.05) is 30.3 Å². The Labute approximate surface area is 145 Å². The summed E-state index contributed by atoms with van der Waals surface area (Å²) in [5.74, 6) is 1.28. The summed E-state index contributed by atoms with van der Waals surface area (Å²) in [5.41, 5.74) is 2.04. The largest absolute Gasteiger partial charge is 0.486 e. The number of para-hydroxylation sites is 1. The van der Waals surface area contributed by atoms with Gasteiger partial charge in [-0.25, -0.2) is 0 Å². The summed E-state index contributed by atoms with van der Waals surface area (Å²) in [5, 5.41) is 4.91. The summed E-state index contributed by atoms with van der Waals surface area (Å²) in [6, 6.07) is 9.81. The molecule has 0 saturated carbocycles. The minimum absolute atomic E-state index is 0.0432. The van der Waals surface area contributed by atoms with Crippen molar-refractivity contribution in [3.05, 3.63) is 53.5 Å². The number of amides is 1. The Kier molecular flexibility index (Phi) is 3.87. The van der Waals surface area contributed by atoms with Crippen LogP contribution >= 0.6 is 0 Å². The molecule has 2 aromatic heterocycles. The van der Waals surface area contributed by atoms with Crippen LogP contribution in [0.4, 0.5) is 0 Å². The monoisotopic (exact) mass is 337 g/mol. The summed E-state index contributed by atoms with van der Waals surface area (Å²) in [7, 11) is 0. The number of nitrogens with zero attached hydrogens (tertiary/aromatic N) is 3. The molecule has 128 valence electrons. The van der Waals surface area contributed by atoms with Gasteiger partial charge in [-0.1, -0.05) is 23.4 Å². The maximum Gasteiger partial charge on any atom is 0.259 e. The predicted octanol–water partition coefficient (Wildman–Crippen LogP) is 3.13. The third-order valence-corrected chi connectivity index (χ3v) is 4.57. The molecule has 1 aliphatic rings. The van der Waals surface area contributed by atoms with Crippen molar-refractivity contribution in [3.63, 3.8) is 0 Å². The Morgan fingerprint density at radius 1 is 1.28 bits per heavy atom. The van der Waals surface area contributed by atoms with Gasteiger partial charge in [0.05, 0.1) is 12.2 Å². The molecule has 0 N–H and O–H groups in total. The van der Waals surface area contributed by atoms with Crippen LogP contribution in [0.15, 0.2) is 41.1 Å². The molecule has 1 aliphatic heterocycles. The lowest BCUT2D eigenvalue weighted by atomic mass is 10.2. The number of aromatic nitrogens is 2. The highest BCUT2D eigenvalue weighted by Crippen LogP contribution is 2.27. The van der Waals surface area contributed by atoms with Gasteiger partial charge in [0.1, 0.15) is 28.7 Å². The van der Waals surface area contributed by atoms with Crippen LogP contribution in [0.3, 0.4) is 0 Å². The van der Waals surface area contributed by atoms with Gasteiger partial charge >= 0.3 is 0 Å². The Morgan fingerprint density at radius 3 is 2.92 bits per heavy atom. The van der Waals surface area contributed by atoms with Crippen molar-refractivity contribution in [2.75, 3.05) is 13.1 Å². The number of fused-ring (bicyclic) bond motifs is 1. The van der Waals surface area contributed by atoms with Gasteiger partial charge in [-0.3, -0.25) is 9.78 Å². The van der Waals surface area contributed by atoms with E-state index >= 15 is 0 Å². The van der Waals surface area contributed by atoms with Crippen molar-refractivity contribution in [1.29, 1.82) is 0 Å². The topological polar surface area (TPSA) is 68.5 Å². The number of hydrogen-bond donors (Lipinski definition) is 0. The van der Waals surface area contributed by atoms with Crippen LogP contribution in [0.1, 0.15) is 28.2 Å². The molecule has 6 heteroatoms. The van der Waals surface area contributed by atoms with Crippen molar-refractivity contribution in [2.45, 2.75) is 26.4 Å².